The van der Waals surface area contributed by atoms with E-state index in [0.29, 0.717) is 23.7 Å². The molecular weight excluding hydrogens is 282 g/mol. The molecular formula is C12H21N3O2S2. The van der Waals surface area contributed by atoms with Gasteiger partial charge in [-0.25, -0.2) is 0 Å². The zero-order chi connectivity index (χ0) is 13.5. The Morgan fingerprint density at radius 3 is 3.26 bits per heavy atom. The van der Waals surface area contributed by atoms with Gasteiger partial charge in [0.2, 0.25) is 5.88 Å². The standard InChI is InChI=1S/C12H21N3O2S2/c1-2-18-11-5-3-4-10(11)13-6-9(16)8-17-12-7-14-19-15-12/h7,9-11,13,16H,2-6,8H2,1H3. The molecule has 1 saturated carbocycles. The summed E-state index contributed by atoms with van der Waals surface area (Å²) in [5.41, 5.74) is 0. The van der Waals surface area contributed by atoms with Crippen LogP contribution in [0, 0.1) is 0 Å². The number of aliphatic hydroxyl groups is 1. The van der Waals surface area contributed by atoms with Crippen LogP contribution < -0.4 is 10.1 Å². The number of rotatable bonds is 8. The van der Waals surface area contributed by atoms with Crippen molar-refractivity contribution in [3.8, 4) is 5.88 Å². The summed E-state index contributed by atoms with van der Waals surface area (Å²) in [6, 6.07) is 0.528. The summed E-state index contributed by atoms with van der Waals surface area (Å²) in [4.78, 5) is 0. The molecule has 2 N–H and O–H groups in total. The first-order valence-corrected chi connectivity index (χ1v) is 8.51. The van der Waals surface area contributed by atoms with E-state index in [1.54, 1.807) is 6.20 Å². The van der Waals surface area contributed by atoms with Gasteiger partial charge in [0.05, 0.1) is 11.7 Å². The molecule has 1 aromatic heterocycles. The number of hydrogen-bond acceptors (Lipinski definition) is 7. The topological polar surface area (TPSA) is 67.3 Å². The normalized spacial score (nSPS) is 24.5. The zero-order valence-corrected chi connectivity index (χ0v) is 12.8. The Balaban J connectivity index is 1.64. The fourth-order valence-corrected chi connectivity index (χ4v) is 3.91. The molecule has 0 aliphatic heterocycles. The highest BCUT2D eigenvalue weighted by atomic mass is 32.2. The van der Waals surface area contributed by atoms with E-state index in [1.165, 1.54) is 19.3 Å². The molecule has 0 spiro atoms. The monoisotopic (exact) mass is 303 g/mol. The fourth-order valence-electron chi connectivity index (χ4n) is 2.32. The highest BCUT2D eigenvalue weighted by molar-refractivity contribution is 7.99. The second-order valence-corrected chi connectivity index (χ2v) is 6.72. The molecule has 2 rings (SSSR count). The van der Waals surface area contributed by atoms with E-state index in [9.17, 15) is 5.11 Å². The molecule has 0 amide bonds. The van der Waals surface area contributed by atoms with Gasteiger partial charge in [0.15, 0.2) is 0 Å². The van der Waals surface area contributed by atoms with Crippen LogP contribution in [0.1, 0.15) is 26.2 Å². The summed E-state index contributed by atoms with van der Waals surface area (Å²) >= 11 is 3.12. The molecule has 3 unspecified atom stereocenters. The van der Waals surface area contributed by atoms with Crippen LogP contribution in [0.2, 0.25) is 0 Å². The fraction of sp³-hybridized carbons (Fsp3) is 0.833. The second-order valence-electron chi connectivity index (χ2n) is 4.65. The van der Waals surface area contributed by atoms with E-state index in [1.807, 2.05) is 11.8 Å². The summed E-state index contributed by atoms with van der Waals surface area (Å²) in [6.45, 7) is 3.03. The predicted octanol–water partition coefficient (Wildman–Crippen LogP) is 1.54. The first-order chi connectivity index (χ1) is 9.29. The van der Waals surface area contributed by atoms with Crippen LogP contribution in [0.25, 0.3) is 0 Å². The van der Waals surface area contributed by atoms with Gasteiger partial charge in [0, 0.05) is 17.8 Å². The van der Waals surface area contributed by atoms with Crippen LogP contribution in [-0.4, -0.2) is 50.2 Å². The molecule has 1 aromatic rings. The highest BCUT2D eigenvalue weighted by Crippen LogP contribution is 2.29. The Hall–Kier alpha value is -0.370. The van der Waals surface area contributed by atoms with E-state index < -0.39 is 6.10 Å². The van der Waals surface area contributed by atoms with E-state index >= 15 is 0 Å². The number of nitrogens with zero attached hydrogens (tertiary/aromatic N) is 2. The van der Waals surface area contributed by atoms with Crippen LogP contribution >= 0.6 is 23.5 Å². The number of aliphatic hydroxyl groups excluding tert-OH is 1. The lowest BCUT2D eigenvalue weighted by molar-refractivity contribution is 0.102. The van der Waals surface area contributed by atoms with Crippen molar-refractivity contribution in [3.05, 3.63) is 6.20 Å². The van der Waals surface area contributed by atoms with Crippen molar-refractivity contribution in [3.63, 3.8) is 0 Å². The molecule has 1 aliphatic carbocycles. The summed E-state index contributed by atoms with van der Waals surface area (Å²) in [6.07, 6.45) is 4.84. The molecule has 1 fully saturated rings. The van der Waals surface area contributed by atoms with Crippen molar-refractivity contribution in [2.45, 2.75) is 43.6 Å². The minimum atomic E-state index is -0.505. The lowest BCUT2D eigenvalue weighted by atomic mass is 10.2. The lowest BCUT2D eigenvalue weighted by Gasteiger charge is -2.21. The molecule has 3 atom stereocenters. The quantitative estimate of drug-likeness (QED) is 0.759. The first-order valence-electron chi connectivity index (χ1n) is 6.73. The molecule has 19 heavy (non-hydrogen) atoms. The molecule has 1 aliphatic rings. The van der Waals surface area contributed by atoms with Gasteiger partial charge >= 0.3 is 0 Å². The van der Waals surface area contributed by atoms with Crippen LogP contribution in [-0.2, 0) is 0 Å². The van der Waals surface area contributed by atoms with Crippen molar-refractivity contribution >= 4 is 23.5 Å². The Morgan fingerprint density at radius 2 is 2.53 bits per heavy atom. The van der Waals surface area contributed by atoms with Gasteiger partial charge in [0.25, 0.3) is 0 Å². The van der Waals surface area contributed by atoms with Gasteiger partial charge in [-0.2, -0.15) is 16.1 Å². The van der Waals surface area contributed by atoms with Crippen molar-refractivity contribution in [1.29, 1.82) is 0 Å². The number of ether oxygens (including phenoxy) is 1. The van der Waals surface area contributed by atoms with Crippen molar-refractivity contribution in [2.24, 2.45) is 0 Å². The second kappa shape index (κ2) is 8.04. The smallest absolute Gasteiger partial charge is 0.245 e. The first kappa shape index (κ1) is 15.0. The third kappa shape index (κ3) is 4.91. The van der Waals surface area contributed by atoms with E-state index in [4.69, 9.17) is 4.74 Å². The molecule has 0 aromatic carbocycles. The number of thioether (sulfide) groups is 1. The van der Waals surface area contributed by atoms with Gasteiger partial charge in [-0.05, 0) is 18.6 Å². The number of aromatic nitrogens is 2. The van der Waals surface area contributed by atoms with Gasteiger partial charge < -0.3 is 15.2 Å². The summed E-state index contributed by atoms with van der Waals surface area (Å²) in [7, 11) is 0. The molecule has 5 nitrogen and oxygen atoms in total. The largest absolute Gasteiger partial charge is 0.473 e. The Morgan fingerprint density at radius 1 is 1.63 bits per heavy atom. The van der Waals surface area contributed by atoms with Crippen LogP contribution in [0.4, 0.5) is 0 Å². The Kier molecular flexibility index (Phi) is 6.36. The molecule has 0 saturated heterocycles. The molecule has 1 heterocycles. The SMILES string of the molecule is CCSC1CCCC1NCC(O)COc1cnsn1. The van der Waals surface area contributed by atoms with Crippen LogP contribution in [0.3, 0.4) is 0 Å². The van der Waals surface area contributed by atoms with Crippen molar-refractivity contribution < 1.29 is 9.84 Å². The van der Waals surface area contributed by atoms with Crippen LogP contribution in [0.5, 0.6) is 5.88 Å². The van der Waals surface area contributed by atoms with Crippen molar-refractivity contribution in [1.82, 2.24) is 14.1 Å². The van der Waals surface area contributed by atoms with E-state index in [2.05, 4.69) is 21.0 Å². The summed E-state index contributed by atoms with van der Waals surface area (Å²) < 4.78 is 13.1. The Bertz CT molecular complexity index is 351. The third-order valence-corrected chi connectivity index (χ3v) is 5.00. The number of hydrogen-bond donors (Lipinski definition) is 2. The Labute approximate surface area is 122 Å². The maximum Gasteiger partial charge on any atom is 0.245 e. The van der Waals surface area contributed by atoms with Gasteiger partial charge in [-0.15, -0.1) is 4.37 Å². The molecule has 0 bridgehead atoms. The minimum Gasteiger partial charge on any atom is -0.473 e. The average molecular weight is 303 g/mol. The van der Waals surface area contributed by atoms with E-state index in [-0.39, 0.29) is 6.61 Å². The average Bonchev–Trinajstić information content (AvgIpc) is 3.06. The maximum atomic E-state index is 9.89. The van der Waals surface area contributed by atoms with Gasteiger partial charge in [0.1, 0.15) is 18.9 Å². The third-order valence-electron chi connectivity index (χ3n) is 3.21. The highest BCUT2D eigenvalue weighted by Gasteiger charge is 2.27. The van der Waals surface area contributed by atoms with Gasteiger partial charge in [-0.1, -0.05) is 13.3 Å². The number of nitrogens with one attached hydrogen (secondary N) is 1. The van der Waals surface area contributed by atoms with E-state index in [0.717, 1.165) is 17.5 Å². The molecule has 7 heteroatoms. The predicted molar refractivity (Wildman–Crippen MR) is 79.0 cm³/mol. The summed E-state index contributed by atoms with van der Waals surface area (Å²) in [5, 5.41) is 14.0. The molecule has 0 radical (unpaired) electrons. The summed E-state index contributed by atoms with van der Waals surface area (Å²) in [5.74, 6) is 1.65. The maximum absolute atomic E-state index is 9.89. The van der Waals surface area contributed by atoms with Crippen LogP contribution in [0.15, 0.2) is 6.20 Å². The minimum absolute atomic E-state index is 0.261. The lowest BCUT2D eigenvalue weighted by Crippen LogP contribution is -2.40. The molecule has 108 valence electrons. The van der Waals surface area contributed by atoms with Crippen molar-refractivity contribution in [2.75, 3.05) is 18.9 Å². The zero-order valence-electron chi connectivity index (χ0n) is 11.1. The van der Waals surface area contributed by atoms with Gasteiger partial charge in [-0.3, -0.25) is 0 Å².